The fraction of sp³-hybridized carbons (Fsp3) is 0.0667. The Kier molecular flexibility index (Phi) is 3.46. The summed E-state index contributed by atoms with van der Waals surface area (Å²) >= 11 is 6.71. The maximum atomic E-state index is 13.2. The molecule has 0 N–H and O–H groups in total. The van der Waals surface area contributed by atoms with Crippen molar-refractivity contribution in [1.82, 2.24) is 4.57 Å². The lowest BCUT2D eigenvalue weighted by Gasteiger charge is -2.07. The molecule has 0 amide bonds. The minimum absolute atomic E-state index is 0.233. The summed E-state index contributed by atoms with van der Waals surface area (Å²) in [7, 11) is 0. The van der Waals surface area contributed by atoms with Gasteiger partial charge in [0.15, 0.2) is 0 Å². The molecule has 0 fully saturated rings. The van der Waals surface area contributed by atoms with Crippen LogP contribution in [0, 0.1) is 5.82 Å². The van der Waals surface area contributed by atoms with E-state index in [-0.39, 0.29) is 5.82 Å². The molecule has 3 aromatic rings. The van der Waals surface area contributed by atoms with E-state index in [1.807, 2.05) is 24.4 Å². The number of nitrogens with zero attached hydrogens (tertiary/aromatic N) is 1. The van der Waals surface area contributed by atoms with Crippen molar-refractivity contribution >= 4 is 42.8 Å². The lowest BCUT2D eigenvalue weighted by Crippen LogP contribution is -1.98. The minimum Gasteiger partial charge on any atom is -0.343 e. The largest absolute Gasteiger partial charge is 0.343 e. The van der Waals surface area contributed by atoms with E-state index in [2.05, 4.69) is 54.6 Å². The molecule has 0 spiro atoms. The van der Waals surface area contributed by atoms with Gasteiger partial charge in [-0.15, -0.1) is 0 Å². The first kappa shape index (κ1) is 12.9. The highest BCUT2D eigenvalue weighted by Crippen LogP contribution is 2.23. The second kappa shape index (κ2) is 5.10. The van der Waals surface area contributed by atoms with E-state index in [1.54, 1.807) is 0 Å². The summed E-state index contributed by atoms with van der Waals surface area (Å²) in [6, 6.07) is 13.4. The molecule has 0 aliphatic rings. The van der Waals surface area contributed by atoms with Gasteiger partial charge in [0, 0.05) is 22.7 Å². The van der Waals surface area contributed by atoms with Crippen LogP contribution in [0.4, 0.5) is 4.39 Å². The van der Waals surface area contributed by atoms with E-state index in [0.29, 0.717) is 4.47 Å². The maximum Gasteiger partial charge on any atom is 0.137 e. The van der Waals surface area contributed by atoms with Crippen LogP contribution in [0.15, 0.2) is 57.6 Å². The predicted octanol–water partition coefficient (Wildman–Crippen LogP) is 5.35. The molecular weight excluding hydrogens is 373 g/mol. The standard InChI is InChI=1S/C15H10Br2FN/c16-12-3-2-11-5-6-19(15(11)8-12)9-10-1-4-14(18)13(17)7-10/h1-8H,9H2. The number of hydrogen-bond acceptors (Lipinski definition) is 0. The minimum atomic E-state index is -0.233. The molecule has 0 bridgehead atoms. The summed E-state index contributed by atoms with van der Waals surface area (Å²) in [6.07, 6.45) is 2.05. The van der Waals surface area contributed by atoms with Gasteiger partial charge in [-0.25, -0.2) is 4.39 Å². The summed E-state index contributed by atoms with van der Waals surface area (Å²) in [5.41, 5.74) is 2.22. The third-order valence-corrected chi connectivity index (χ3v) is 4.17. The van der Waals surface area contributed by atoms with Crippen molar-refractivity contribution in [2.75, 3.05) is 0 Å². The number of benzene rings is 2. The molecule has 19 heavy (non-hydrogen) atoms. The van der Waals surface area contributed by atoms with Crippen molar-refractivity contribution in [2.24, 2.45) is 0 Å². The Balaban J connectivity index is 2.00. The van der Waals surface area contributed by atoms with Crippen LogP contribution < -0.4 is 0 Å². The topological polar surface area (TPSA) is 4.93 Å². The normalized spacial score (nSPS) is 11.1. The van der Waals surface area contributed by atoms with Gasteiger partial charge in [0.1, 0.15) is 5.82 Å². The van der Waals surface area contributed by atoms with Gasteiger partial charge in [-0.3, -0.25) is 0 Å². The fourth-order valence-corrected chi connectivity index (χ4v) is 2.90. The molecule has 0 unspecified atom stereocenters. The fourth-order valence-electron chi connectivity index (χ4n) is 2.13. The molecule has 96 valence electrons. The lowest BCUT2D eigenvalue weighted by molar-refractivity contribution is 0.619. The second-order valence-electron chi connectivity index (χ2n) is 4.40. The van der Waals surface area contributed by atoms with Crippen molar-refractivity contribution in [3.63, 3.8) is 0 Å². The zero-order valence-corrected chi connectivity index (χ0v) is 13.1. The molecule has 0 atom stereocenters. The number of rotatable bonds is 2. The SMILES string of the molecule is Fc1ccc(Cn2ccc3ccc(Br)cc32)cc1Br. The summed E-state index contributed by atoms with van der Waals surface area (Å²) < 4.78 is 16.9. The molecule has 0 aliphatic heterocycles. The Morgan fingerprint density at radius 2 is 1.84 bits per heavy atom. The quantitative estimate of drug-likeness (QED) is 0.562. The van der Waals surface area contributed by atoms with Crippen LogP contribution in [0.3, 0.4) is 0 Å². The Morgan fingerprint density at radius 3 is 2.63 bits per heavy atom. The average Bonchev–Trinajstić information content (AvgIpc) is 2.77. The van der Waals surface area contributed by atoms with Crippen LogP contribution in [0.25, 0.3) is 10.9 Å². The van der Waals surface area contributed by atoms with Crippen LogP contribution in [-0.4, -0.2) is 4.57 Å². The first-order valence-electron chi connectivity index (χ1n) is 5.82. The van der Waals surface area contributed by atoms with Crippen molar-refractivity contribution in [2.45, 2.75) is 6.54 Å². The summed E-state index contributed by atoms with van der Waals surface area (Å²) in [6.45, 7) is 0.721. The molecule has 0 saturated heterocycles. The summed E-state index contributed by atoms with van der Waals surface area (Å²) in [4.78, 5) is 0. The molecule has 4 heteroatoms. The maximum absolute atomic E-state index is 13.2. The molecule has 0 saturated carbocycles. The molecule has 3 rings (SSSR count). The molecular formula is C15H10Br2FN. The first-order valence-corrected chi connectivity index (χ1v) is 7.40. The number of hydrogen-bond donors (Lipinski definition) is 0. The highest BCUT2D eigenvalue weighted by atomic mass is 79.9. The van der Waals surface area contributed by atoms with Gasteiger partial charge in [-0.1, -0.05) is 28.1 Å². The van der Waals surface area contributed by atoms with Gasteiger partial charge in [-0.2, -0.15) is 0 Å². The van der Waals surface area contributed by atoms with Crippen LogP contribution in [0.1, 0.15) is 5.56 Å². The zero-order valence-electron chi connectivity index (χ0n) is 9.91. The highest BCUT2D eigenvalue weighted by Gasteiger charge is 2.05. The third kappa shape index (κ3) is 2.60. The molecule has 0 aliphatic carbocycles. The Morgan fingerprint density at radius 1 is 1.00 bits per heavy atom. The molecule has 2 aromatic carbocycles. The van der Waals surface area contributed by atoms with Crippen LogP contribution in [0.5, 0.6) is 0 Å². The monoisotopic (exact) mass is 381 g/mol. The molecule has 1 nitrogen and oxygen atoms in total. The van der Waals surface area contributed by atoms with E-state index in [9.17, 15) is 4.39 Å². The number of fused-ring (bicyclic) bond motifs is 1. The predicted molar refractivity (Wildman–Crippen MR) is 82.8 cm³/mol. The highest BCUT2D eigenvalue weighted by molar-refractivity contribution is 9.10. The van der Waals surface area contributed by atoms with Crippen LogP contribution >= 0.6 is 31.9 Å². The van der Waals surface area contributed by atoms with Crippen molar-refractivity contribution in [3.05, 3.63) is 69.0 Å². The Hall–Kier alpha value is -1.13. The van der Waals surface area contributed by atoms with Gasteiger partial charge in [-0.05, 0) is 57.2 Å². The Bertz CT molecular complexity index is 749. The molecule has 1 heterocycles. The van der Waals surface area contributed by atoms with E-state index in [0.717, 1.165) is 22.1 Å². The van der Waals surface area contributed by atoms with Crippen LogP contribution in [0.2, 0.25) is 0 Å². The number of halogens is 3. The molecule has 1 aromatic heterocycles. The van der Waals surface area contributed by atoms with Gasteiger partial charge in [0.25, 0.3) is 0 Å². The van der Waals surface area contributed by atoms with Gasteiger partial charge in [0.05, 0.1) is 4.47 Å². The van der Waals surface area contributed by atoms with Crippen molar-refractivity contribution < 1.29 is 4.39 Å². The second-order valence-corrected chi connectivity index (χ2v) is 6.17. The number of aromatic nitrogens is 1. The summed E-state index contributed by atoms with van der Waals surface area (Å²) in [5, 5.41) is 1.20. The van der Waals surface area contributed by atoms with E-state index >= 15 is 0 Å². The zero-order chi connectivity index (χ0) is 13.4. The van der Waals surface area contributed by atoms with Gasteiger partial charge >= 0.3 is 0 Å². The average molecular weight is 383 g/mol. The first-order chi connectivity index (χ1) is 9.13. The van der Waals surface area contributed by atoms with Crippen molar-refractivity contribution in [1.29, 1.82) is 0 Å². The van der Waals surface area contributed by atoms with E-state index in [4.69, 9.17) is 0 Å². The molecule has 0 radical (unpaired) electrons. The van der Waals surface area contributed by atoms with Crippen LogP contribution in [-0.2, 0) is 6.54 Å². The van der Waals surface area contributed by atoms with E-state index < -0.39 is 0 Å². The lowest BCUT2D eigenvalue weighted by atomic mass is 10.2. The third-order valence-electron chi connectivity index (χ3n) is 3.07. The smallest absolute Gasteiger partial charge is 0.137 e. The summed E-state index contributed by atoms with van der Waals surface area (Å²) in [5.74, 6) is -0.233. The van der Waals surface area contributed by atoms with E-state index in [1.165, 1.54) is 11.5 Å². The van der Waals surface area contributed by atoms with Crippen molar-refractivity contribution in [3.8, 4) is 0 Å². The van der Waals surface area contributed by atoms with Gasteiger partial charge < -0.3 is 4.57 Å². The Labute approximate surface area is 127 Å². The van der Waals surface area contributed by atoms with Gasteiger partial charge in [0.2, 0.25) is 0 Å².